The van der Waals surface area contributed by atoms with Gasteiger partial charge in [-0.15, -0.1) is 0 Å². The minimum absolute atomic E-state index is 0.823. The topological polar surface area (TPSA) is 47.1 Å². The van der Waals surface area contributed by atoms with Gasteiger partial charge in [-0.1, -0.05) is 30.0 Å². The first-order valence-corrected chi connectivity index (χ1v) is 9.70. The van der Waals surface area contributed by atoms with Gasteiger partial charge >= 0.3 is 0 Å². The Morgan fingerprint density at radius 1 is 0.714 bits per heavy atom. The second-order valence-electron chi connectivity index (χ2n) is 6.14. The van der Waals surface area contributed by atoms with Crippen LogP contribution in [0.3, 0.4) is 0 Å². The summed E-state index contributed by atoms with van der Waals surface area (Å²) in [5, 5.41) is 0.850. The van der Waals surface area contributed by atoms with Crippen molar-refractivity contribution in [3.8, 4) is 34.0 Å². The molecule has 0 saturated carbocycles. The molecule has 0 fully saturated rings. The van der Waals surface area contributed by atoms with E-state index in [1.54, 1.807) is 26.0 Å². The van der Waals surface area contributed by atoms with E-state index in [0.717, 1.165) is 44.1 Å². The maximum Gasteiger partial charge on any atom is 0.171 e. The Hall–Kier alpha value is -3.18. The lowest BCUT2D eigenvalue weighted by atomic mass is 10.0. The SMILES string of the molecule is COc1ccc(-c2nc(Sc3ccccc3)[nH]c2-c2ccc(OC)cc2)cc1. The Balaban J connectivity index is 1.76. The van der Waals surface area contributed by atoms with Crippen molar-refractivity contribution < 1.29 is 9.47 Å². The summed E-state index contributed by atoms with van der Waals surface area (Å²) in [5.41, 5.74) is 3.97. The molecule has 0 bridgehead atoms. The van der Waals surface area contributed by atoms with Crippen LogP contribution in [0, 0.1) is 0 Å². The number of aromatic nitrogens is 2. The van der Waals surface area contributed by atoms with Gasteiger partial charge in [-0.05, 0) is 60.7 Å². The van der Waals surface area contributed by atoms with Crippen LogP contribution < -0.4 is 9.47 Å². The van der Waals surface area contributed by atoms with Crippen LogP contribution in [0.1, 0.15) is 0 Å². The van der Waals surface area contributed by atoms with E-state index in [4.69, 9.17) is 14.5 Å². The van der Waals surface area contributed by atoms with Gasteiger partial charge in [-0.25, -0.2) is 4.98 Å². The number of nitrogens with one attached hydrogen (secondary N) is 1. The zero-order valence-electron chi connectivity index (χ0n) is 15.7. The molecule has 0 unspecified atom stereocenters. The maximum atomic E-state index is 5.29. The molecule has 0 spiro atoms. The van der Waals surface area contributed by atoms with Gasteiger partial charge < -0.3 is 14.5 Å². The van der Waals surface area contributed by atoms with Crippen molar-refractivity contribution in [2.75, 3.05) is 14.2 Å². The van der Waals surface area contributed by atoms with Crippen LogP contribution >= 0.6 is 11.8 Å². The number of hydrogen-bond acceptors (Lipinski definition) is 4. The molecule has 140 valence electrons. The van der Waals surface area contributed by atoms with Crippen LogP contribution in [-0.4, -0.2) is 24.2 Å². The molecule has 5 heteroatoms. The van der Waals surface area contributed by atoms with Crippen LogP contribution in [0.2, 0.25) is 0 Å². The molecule has 0 aliphatic rings. The number of rotatable bonds is 6. The predicted octanol–water partition coefficient (Wildman–Crippen LogP) is 5.91. The molecule has 1 aromatic heterocycles. The number of aromatic amines is 1. The molecule has 1 N–H and O–H groups in total. The molecule has 0 atom stereocenters. The second-order valence-corrected chi connectivity index (χ2v) is 7.20. The van der Waals surface area contributed by atoms with Crippen LogP contribution in [0.15, 0.2) is 88.9 Å². The third kappa shape index (κ3) is 3.89. The van der Waals surface area contributed by atoms with E-state index in [1.807, 2.05) is 66.7 Å². The predicted molar refractivity (Wildman–Crippen MR) is 113 cm³/mol. The van der Waals surface area contributed by atoms with E-state index < -0.39 is 0 Å². The molecular weight excluding hydrogens is 368 g/mol. The number of nitrogens with zero attached hydrogens (tertiary/aromatic N) is 1. The molecule has 0 saturated heterocycles. The number of methoxy groups -OCH3 is 2. The minimum Gasteiger partial charge on any atom is -0.497 e. The van der Waals surface area contributed by atoms with E-state index in [1.165, 1.54) is 0 Å². The number of imidazole rings is 1. The van der Waals surface area contributed by atoms with Gasteiger partial charge in [-0.2, -0.15) is 0 Å². The highest BCUT2D eigenvalue weighted by Crippen LogP contribution is 2.36. The van der Waals surface area contributed by atoms with Crippen LogP contribution in [0.4, 0.5) is 0 Å². The van der Waals surface area contributed by atoms with Crippen LogP contribution in [0.5, 0.6) is 11.5 Å². The minimum atomic E-state index is 0.823. The van der Waals surface area contributed by atoms with Gasteiger partial charge in [0.15, 0.2) is 5.16 Å². The monoisotopic (exact) mass is 388 g/mol. The molecule has 1 heterocycles. The van der Waals surface area contributed by atoms with Gasteiger partial charge in [0.2, 0.25) is 0 Å². The Labute approximate surface area is 168 Å². The van der Waals surface area contributed by atoms with E-state index in [-0.39, 0.29) is 0 Å². The molecule has 0 aliphatic carbocycles. The lowest BCUT2D eigenvalue weighted by Gasteiger charge is -2.06. The Kier molecular flexibility index (Phi) is 5.35. The molecule has 0 aliphatic heterocycles. The fraction of sp³-hybridized carbons (Fsp3) is 0.0870. The highest BCUT2D eigenvalue weighted by atomic mass is 32.2. The average molecular weight is 388 g/mol. The van der Waals surface area contributed by atoms with Gasteiger partial charge in [-0.3, -0.25) is 0 Å². The third-order valence-electron chi connectivity index (χ3n) is 4.38. The van der Waals surface area contributed by atoms with Crippen molar-refractivity contribution in [3.63, 3.8) is 0 Å². The zero-order chi connectivity index (χ0) is 19.3. The molecule has 3 aromatic carbocycles. The molecular formula is C23H20N2O2S. The quantitative estimate of drug-likeness (QED) is 0.446. The number of ether oxygens (including phenoxy) is 2. The Bertz CT molecular complexity index is 977. The first-order valence-electron chi connectivity index (χ1n) is 8.88. The molecule has 4 rings (SSSR count). The van der Waals surface area contributed by atoms with E-state index >= 15 is 0 Å². The van der Waals surface area contributed by atoms with Gasteiger partial charge in [0, 0.05) is 16.0 Å². The number of H-pyrrole nitrogens is 1. The molecule has 0 radical (unpaired) electrons. The van der Waals surface area contributed by atoms with Crippen LogP contribution in [0.25, 0.3) is 22.5 Å². The summed E-state index contributed by atoms with van der Waals surface area (Å²) >= 11 is 1.61. The second kappa shape index (κ2) is 8.23. The lowest BCUT2D eigenvalue weighted by Crippen LogP contribution is -1.87. The summed E-state index contributed by atoms with van der Waals surface area (Å²) in [7, 11) is 3.34. The van der Waals surface area contributed by atoms with Crippen molar-refractivity contribution in [1.82, 2.24) is 9.97 Å². The summed E-state index contributed by atoms with van der Waals surface area (Å²) in [6.07, 6.45) is 0. The van der Waals surface area contributed by atoms with Crippen molar-refractivity contribution >= 4 is 11.8 Å². The van der Waals surface area contributed by atoms with Gasteiger partial charge in [0.25, 0.3) is 0 Å². The summed E-state index contributed by atoms with van der Waals surface area (Å²) < 4.78 is 10.6. The van der Waals surface area contributed by atoms with Gasteiger partial charge in [0.05, 0.1) is 25.6 Å². The largest absolute Gasteiger partial charge is 0.497 e. The fourth-order valence-corrected chi connectivity index (χ4v) is 3.73. The highest BCUT2D eigenvalue weighted by Gasteiger charge is 2.15. The first-order chi connectivity index (χ1) is 13.8. The Morgan fingerprint density at radius 2 is 1.29 bits per heavy atom. The van der Waals surface area contributed by atoms with E-state index in [2.05, 4.69) is 17.1 Å². The zero-order valence-corrected chi connectivity index (χ0v) is 16.5. The summed E-state index contributed by atoms with van der Waals surface area (Å²) in [4.78, 5) is 9.51. The lowest BCUT2D eigenvalue weighted by molar-refractivity contribution is 0.414. The normalized spacial score (nSPS) is 10.6. The third-order valence-corrected chi connectivity index (χ3v) is 5.28. The van der Waals surface area contributed by atoms with Crippen molar-refractivity contribution in [3.05, 3.63) is 78.9 Å². The summed E-state index contributed by atoms with van der Waals surface area (Å²) in [6.45, 7) is 0. The Morgan fingerprint density at radius 3 is 1.86 bits per heavy atom. The standard InChI is InChI=1S/C23H20N2O2S/c1-26-18-12-8-16(9-13-18)21-22(17-10-14-19(27-2)15-11-17)25-23(24-21)28-20-6-4-3-5-7-20/h3-15H,1-2H3,(H,24,25). The van der Waals surface area contributed by atoms with Crippen molar-refractivity contribution in [2.45, 2.75) is 10.1 Å². The van der Waals surface area contributed by atoms with E-state index in [0.29, 0.717) is 0 Å². The molecule has 28 heavy (non-hydrogen) atoms. The van der Waals surface area contributed by atoms with Gasteiger partial charge in [0.1, 0.15) is 11.5 Å². The average Bonchev–Trinajstić information content (AvgIpc) is 3.18. The van der Waals surface area contributed by atoms with Crippen LogP contribution in [-0.2, 0) is 0 Å². The number of hydrogen-bond donors (Lipinski definition) is 1. The summed E-state index contributed by atoms with van der Waals surface area (Å²) in [6, 6.07) is 26.2. The molecule has 4 nitrogen and oxygen atoms in total. The number of benzene rings is 3. The maximum absolute atomic E-state index is 5.29. The fourth-order valence-electron chi connectivity index (χ4n) is 2.92. The van der Waals surface area contributed by atoms with Crippen molar-refractivity contribution in [2.24, 2.45) is 0 Å². The molecule has 4 aromatic rings. The first kappa shape index (κ1) is 18.2. The van der Waals surface area contributed by atoms with Crippen molar-refractivity contribution in [1.29, 1.82) is 0 Å². The summed E-state index contributed by atoms with van der Waals surface area (Å²) in [5.74, 6) is 1.65. The smallest absolute Gasteiger partial charge is 0.171 e. The van der Waals surface area contributed by atoms with E-state index in [9.17, 15) is 0 Å². The molecule has 0 amide bonds. The highest BCUT2D eigenvalue weighted by molar-refractivity contribution is 7.99.